The Labute approximate surface area is 130 Å². The highest BCUT2D eigenvalue weighted by atomic mass is 16.4. The first-order valence-corrected chi connectivity index (χ1v) is 7.34. The lowest BCUT2D eigenvalue weighted by Gasteiger charge is -2.12. The molecule has 0 aliphatic heterocycles. The Hall–Kier alpha value is -2.17. The molecule has 0 aliphatic rings. The first-order chi connectivity index (χ1) is 10.6. The standard InChI is InChI=1S/C18H21NO3/c1-13-2-6-15(7-3-13)17(20)10-11-19-12-14-4-8-16(9-5-14)18(21)22/h2-9,17,19-20H,10-12H2,1H3,(H,21,22). The SMILES string of the molecule is Cc1ccc(C(O)CCNCc2ccc(C(=O)O)cc2)cc1. The molecule has 1 atom stereocenters. The second-order valence-electron chi connectivity index (χ2n) is 5.39. The minimum atomic E-state index is -0.916. The number of benzene rings is 2. The van der Waals surface area contributed by atoms with Gasteiger partial charge in [-0.15, -0.1) is 0 Å². The number of carboxylic acids is 1. The molecule has 116 valence electrons. The van der Waals surface area contributed by atoms with E-state index in [1.807, 2.05) is 31.2 Å². The van der Waals surface area contributed by atoms with E-state index in [1.165, 1.54) is 5.56 Å². The fourth-order valence-corrected chi connectivity index (χ4v) is 2.19. The van der Waals surface area contributed by atoms with E-state index in [9.17, 15) is 9.90 Å². The molecular weight excluding hydrogens is 278 g/mol. The minimum Gasteiger partial charge on any atom is -0.478 e. The van der Waals surface area contributed by atoms with E-state index in [0.717, 1.165) is 11.1 Å². The molecular formula is C18H21NO3. The quantitative estimate of drug-likeness (QED) is 0.688. The van der Waals surface area contributed by atoms with Crippen LogP contribution in [0.25, 0.3) is 0 Å². The molecule has 2 aromatic carbocycles. The predicted molar refractivity (Wildman–Crippen MR) is 85.9 cm³/mol. The van der Waals surface area contributed by atoms with Gasteiger partial charge in [0, 0.05) is 6.54 Å². The third kappa shape index (κ3) is 4.69. The molecule has 0 heterocycles. The van der Waals surface area contributed by atoms with Crippen LogP contribution in [0, 0.1) is 6.92 Å². The van der Waals surface area contributed by atoms with Crippen LogP contribution in [0.3, 0.4) is 0 Å². The first kappa shape index (κ1) is 16.2. The largest absolute Gasteiger partial charge is 0.478 e. The van der Waals surface area contributed by atoms with E-state index >= 15 is 0 Å². The Morgan fingerprint density at radius 1 is 1.09 bits per heavy atom. The molecule has 0 fully saturated rings. The molecule has 0 spiro atoms. The molecule has 22 heavy (non-hydrogen) atoms. The van der Waals surface area contributed by atoms with Crippen molar-refractivity contribution in [1.29, 1.82) is 0 Å². The molecule has 4 nitrogen and oxygen atoms in total. The average Bonchev–Trinajstić information content (AvgIpc) is 2.52. The molecule has 0 aliphatic carbocycles. The topological polar surface area (TPSA) is 69.6 Å². The number of aliphatic hydroxyl groups excluding tert-OH is 1. The van der Waals surface area contributed by atoms with Crippen LogP contribution in [0.1, 0.15) is 39.6 Å². The molecule has 4 heteroatoms. The first-order valence-electron chi connectivity index (χ1n) is 7.34. The summed E-state index contributed by atoms with van der Waals surface area (Å²) in [6.45, 7) is 3.36. The van der Waals surface area contributed by atoms with Gasteiger partial charge >= 0.3 is 5.97 Å². The summed E-state index contributed by atoms with van der Waals surface area (Å²) in [5.74, 6) is -0.916. The van der Waals surface area contributed by atoms with Gasteiger partial charge in [0.15, 0.2) is 0 Å². The lowest BCUT2D eigenvalue weighted by Crippen LogP contribution is -2.17. The van der Waals surface area contributed by atoms with Crippen molar-refractivity contribution in [3.05, 3.63) is 70.8 Å². The molecule has 0 saturated heterocycles. The van der Waals surface area contributed by atoms with Crippen LogP contribution in [0.5, 0.6) is 0 Å². The Morgan fingerprint density at radius 3 is 2.32 bits per heavy atom. The van der Waals surface area contributed by atoms with E-state index in [2.05, 4.69) is 5.32 Å². The zero-order valence-electron chi connectivity index (χ0n) is 12.6. The van der Waals surface area contributed by atoms with E-state index in [0.29, 0.717) is 25.1 Å². The highest BCUT2D eigenvalue weighted by Gasteiger charge is 2.06. The number of aliphatic hydroxyl groups is 1. The van der Waals surface area contributed by atoms with Crippen molar-refractivity contribution >= 4 is 5.97 Å². The van der Waals surface area contributed by atoms with Gasteiger partial charge in [0.05, 0.1) is 11.7 Å². The van der Waals surface area contributed by atoms with Crippen molar-refractivity contribution in [1.82, 2.24) is 5.32 Å². The summed E-state index contributed by atoms with van der Waals surface area (Å²) in [4.78, 5) is 10.8. The molecule has 2 aromatic rings. The second-order valence-corrected chi connectivity index (χ2v) is 5.39. The minimum absolute atomic E-state index is 0.290. The highest BCUT2D eigenvalue weighted by molar-refractivity contribution is 5.87. The number of carbonyl (C=O) groups is 1. The van der Waals surface area contributed by atoms with E-state index < -0.39 is 12.1 Å². The molecule has 0 bridgehead atoms. The third-order valence-corrected chi connectivity index (χ3v) is 3.59. The summed E-state index contributed by atoms with van der Waals surface area (Å²) in [6.07, 6.45) is 0.165. The summed E-state index contributed by atoms with van der Waals surface area (Å²) in [5, 5.41) is 22.2. The van der Waals surface area contributed by atoms with E-state index in [4.69, 9.17) is 5.11 Å². The highest BCUT2D eigenvalue weighted by Crippen LogP contribution is 2.16. The van der Waals surface area contributed by atoms with Crippen LogP contribution in [-0.2, 0) is 6.54 Å². The van der Waals surface area contributed by atoms with Crippen LogP contribution < -0.4 is 5.32 Å². The van der Waals surface area contributed by atoms with Crippen LogP contribution in [-0.4, -0.2) is 22.7 Å². The molecule has 3 N–H and O–H groups in total. The maximum absolute atomic E-state index is 10.8. The van der Waals surface area contributed by atoms with Gasteiger partial charge in [0.25, 0.3) is 0 Å². The second kappa shape index (κ2) is 7.73. The van der Waals surface area contributed by atoms with Crippen molar-refractivity contribution in [2.24, 2.45) is 0 Å². The van der Waals surface area contributed by atoms with Crippen molar-refractivity contribution in [3.8, 4) is 0 Å². The number of rotatable bonds is 7. The normalized spacial score (nSPS) is 12.1. The van der Waals surface area contributed by atoms with Crippen molar-refractivity contribution in [2.75, 3.05) is 6.54 Å². The molecule has 1 unspecified atom stereocenters. The Balaban J connectivity index is 1.74. The van der Waals surface area contributed by atoms with Gasteiger partial charge in [-0.25, -0.2) is 4.79 Å². The lowest BCUT2D eigenvalue weighted by molar-refractivity contribution is 0.0697. The van der Waals surface area contributed by atoms with Crippen molar-refractivity contribution < 1.29 is 15.0 Å². The van der Waals surface area contributed by atoms with E-state index in [1.54, 1.807) is 24.3 Å². The molecule has 0 saturated carbocycles. The van der Waals surface area contributed by atoms with Gasteiger partial charge in [0.2, 0.25) is 0 Å². The maximum Gasteiger partial charge on any atom is 0.335 e. The molecule has 0 aromatic heterocycles. The number of nitrogens with one attached hydrogen (secondary N) is 1. The third-order valence-electron chi connectivity index (χ3n) is 3.59. The van der Waals surface area contributed by atoms with Gasteiger partial charge in [-0.3, -0.25) is 0 Å². The van der Waals surface area contributed by atoms with Crippen LogP contribution >= 0.6 is 0 Å². The lowest BCUT2D eigenvalue weighted by atomic mass is 10.1. The van der Waals surface area contributed by atoms with Gasteiger partial charge in [0.1, 0.15) is 0 Å². The van der Waals surface area contributed by atoms with Gasteiger partial charge in [-0.1, -0.05) is 42.0 Å². The van der Waals surface area contributed by atoms with Crippen molar-refractivity contribution in [3.63, 3.8) is 0 Å². The van der Waals surface area contributed by atoms with Crippen molar-refractivity contribution in [2.45, 2.75) is 26.0 Å². The summed E-state index contributed by atoms with van der Waals surface area (Å²) in [6, 6.07) is 14.7. The number of hydrogen-bond acceptors (Lipinski definition) is 3. The molecule has 0 radical (unpaired) electrons. The summed E-state index contributed by atoms with van der Waals surface area (Å²) >= 11 is 0. The monoisotopic (exact) mass is 299 g/mol. The van der Waals surface area contributed by atoms with Gasteiger partial charge in [-0.2, -0.15) is 0 Å². The Kier molecular flexibility index (Phi) is 5.69. The molecule has 0 amide bonds. The average molecular weight is 299 g/mol. The van der Waals surface area contributed by atoms with Gasteiger partial charge < -0.3 is 15.5 Å². The number of carboxylic acid groups (broad SMARTS) is 1. The zero-order valence-corrected chi connectivity index (χ0v) is 12.6. The Morgan fingerprint density at radius 2 is 1.73 bits per heavy atom. The Bertz CT molecular complexity index is 605. The summed E-state index contributed by atoms with van der Waals surface area (Å²) in [7, 11) is 0. The summed E-state index contributed by atoms with van der Waals surface area (Å²) in [5.41, 5.74) is 3.42. The number of aromatic carboxylic acids is 1. The zero-order chi connectivity index (χ0) is 15.9. The van der Waals surface area contributed by atoms with Gasteiger partial charge in [-0.05, 0) is 43.1 Å². The molecule has 2 rings (SSSR count). The number of hydrogen-bond donors (Lipinski definition) is 3. The smallest absolute Gasteiger partial charge is 0.335 e. The maximum atomic E-state index is 10.8. The fraction of sp³-hybridized carbons (Fsp3) is 0.278. The van der Waals surface area contributed by atoms with Crippen LogP contribution in [0.4, 0.5) is 0 Å². The van der Waals surface area contributed by atoms with Crippen LogP contribution in [0.2, 0.25) is 0 Å². The predicted octanol–water partition coefficient (Wildman–Crippen LogP) is 2.91. The fourth-order valence-electron chi connectivity index (χ4n) is 2.19. The summed E-state index contributed by atoms with van der Waals surface area (Å²) < 4.78 is 0. The van der Waals surface area contributed by atoms with E-state index in [-0.39, 0.29) is 0 Å². The van der Waals surface area contributed by atoms with Crippen LogP contribution in [0.15, 0.2) is 48.5 Å². The number of aryl methyl sites for hydroxylation is 1.